The van der Waals surface area contributed by atoms with Crippen molar-refractivity contribution in [3.05, 3.63) is 47.6 Å². The maximum atomic E-state index is 12.1. The quantitative estimate of drug-likeness (QED) is 0.774. The topological polar surface area (TPSA) is 91.4 Å². The first-order valence-electron chi connectivity index (χ1n) is 9.13. The summed E-state index contributed by atoms with van der Waals surface area (Å²) in [5, 5.41) is 5.84. The number of hydrogen-bond donors (Lipinski definition) is 2. The second-order valence-electron chi connectivity index (χ2n) is 6.51. The van der Waals surface area contributed by atoms with Gasteiger partial charge in [0.15, 0.2) is 0 Å². The van der Waals surface area contributed by atoms with Crippen LogP contribution in [0.4, 0.5) is 17.2 Å². The van der Waals surface area contributed by atoms with Crippen LogP contribution in [0.1, 0.15) is 32.1 Å². The summed E-state index contributed by atoms with van der Waals surface area (Å²) in [5.74, 6) is -0.0492. The molecule has 8 heteroatoms. The van der Waals surface area contributed by atoms with Gasteiger partial charge < -0.3 is 15.5 Å². The van der Waals surface area contributed by atoms with Crippen LogP contribution >= 0.6 is 11.6 Å². The van der Waals surface area contributed by atoms with Crippen LogP contribution in [0.3, 0.4) is 0 Å². The van der Waals surface area contributed by atoms with Crippen molar-refractivity contribution < 1.29 is 14.4 Å². The molecule has 28 heavy (non-hydrogen) atoms. The van der Waals surface area contributed by atoms with Crippen molar-refractivity contribution in [1.82, 2.24) is 4.98 Å². The smallest absolute Gasteiger partial charge is 0.226 e. The summed E-state index contributed by atoms with van der Waals surface area (Å²) in [6.07, 6.45) is 4.03. The van der Waals surface area contributed by atoms with Gasteiger partial charge >= 0.3 is 0 Å². The second-order valence-corrected chi connectivity index (χ2v) is 6.94. The van der Waals surface area contributed by atoms with Gasteiger partial charge in [-0.1, -0.05) is 11.6 Å². The Balaban J connectivity index is 1.46. The Kier molecular flexibility index (Phi) is 6.60. The lowest BCUT2D eigenvalue weighted by atomic mass is 10.1. The zero-order valence-corrected chi connectivity index (χ0v) is 16.0. The van der Waals surface area contributed by atoms with Crippen molar-refractivity contribution in [1.29, 1.82) is 0 Å². The molecule has 0 bridgehead atoms. The number of piperidine rings is 1. The van der Waals surface area contributed by atoms with Crippen LogP contribution < -0.4 is 15.5 Å². The molecule has 1 aliphatic rings. The number of hydrogen-bond acceptors (Lipinski definition) is 4. The lowest BCUT2D eigenvalue weighted by molar-refractivity contribution is -0.121. The Morgan fingerprint density at radius 3 is 2.36 bits per heavy atom. The third-order valence-electron chi connectivity index (χ3n) is 4.36. The molecule has 3 amide bonds. The minimum absolute atomic E-state index is 0.0382. The van der Waals surface area contributed by atoms with Gasteiger partial charge in [0.2, 0.25) is 17.7 Å². The molecule has 0 saturated carbocycles. The highest BCUT2D eigenvalue weighted by atomic mass is 35.5. The van der Waals surface area contributed by atoms with Gasteiger partial charge in [-0.2, -0.15) is 0 Å². The average Bonchev–Trinajstić information content (AvgIpc) is 2.69. The van der Waals surface area contributed by atoms with Gasteiger partial charge in [-0.05, 0) is 49.2 Å². The van der Waals surface area contributed by atoms with E-state index in [2.05, 4.69) is 15.6 Å². The predicted molar refractivity (Wildman–Crippen MR) is 108 cm³/mol. The molecule has 0 radical (unpaired) electrons. The summed E-state index contributed by atoms with van der Waals surface area (Å²) in [6.45, 7) is 0.724. The van der Waals surface area contributed by atoms with E-state index in [1.807, 2.05) is 12.1 Å². The second kappa shape index (κ2) is 9.32. The van der Waals surface area contributed by atoms with E-state index in [1.54, 1.807) is 29.2 Å². The Bertz CT molecular complexity index is 853. The summed E-state index contributed by atoms with van der Waals surface area (Å²) in [7, 11) is 0. The molecule has 0 unspecified atom stereocenters. The molecule has 7 nitrogen and oxygen atoms in total. The highest BCUT2D eigenvalue weighted by Crippen LogP contribution is 2.22. The molecule has 1 aliphatic heterocycles. The number of carbonyl (C=O) groups excluding carboxylic acids is 3. The van der Waals surface area contributed by atoms with Crippen molar-refractivity contribution in [3.63, 3.8) is 0 Å². The van der Waals surface area contributed by atoms with E-state index < -0.39 is 0 Å². The van der Waals surface area contributed by atoms with E-state index in [9.17, 15) is 14.4 Å². The Morgan fingerprint density at radius 2 is 1.71 bits per heavy atom. The molecule has 146 valence electrons. The fourth-order valence-corrected chi connectivity index (χ4v) is 3.02. The van der Waals surface area contributed by atoms with E-state index >= 15 is 0 Å². The average molecular weight is 401 g/mol. The Hall–Kier alpha value is -2.93. The molecule has 2 aromatic rings. The monoisotopic (exact) mass is 400 g/mol. The summed E-state index contributed by atoms with van der Waals surface area (Å²) in [4.78, 5) is 41.7. The maximum Gasteiger partial charge on any atom is 0.226 e. The molecular formula is C20H21ClN4O3. The lowest BCUT2D eigenvalue weighted by Crippen LogP contribution is -2.35. The largest absolute Gasteiger partial charge is 0.326 e. The van der Waals surface area contributed by atoms with E-state index in [0.29, 0.717) is 22.9 Å². The summed E-state index contributed by atoms with van der Waals surface area (Å²) in [5.41, 5.74) is 1.45. The van der Waals surface area contributed by atoms with Crippen LogP contribution in [0.5, 0.6) is 0 Å². The predicted octanol–water partition coefficient (Wildman–Crippen LogP) is 3.61. The van der Waals surface area contributed by atoms with Crippen LogP contribution in [-0.4, -0.2) is 29.3 Å². The number of amides is 3. The zero-order valence-electron chi connectivity index (χ0n) is 15.3. The van der Waals surface area contributed by atoms with Crippen molar-refractivity contribution in [2.24, 2.45) is 0 Å². The van der Waals surface area contributed by atoms with Crippen LogP contribution in [0.25, 0.3) is 0 Å². The van der Waals surface area contributed by atoms with E-state index in [0.717, 1.165) is 25.1 Å². The molecule has 0 spiro atoms. The van der Waals surface area contributed by atoms with Crippen LogP contribution in [-0.2, 0) is 14.4 Å². The molecular weight excluding hydrogens is 380 g/mol. The molecule has 2 heterocycles. The fraction of sp³-hybridized carbons (Fsp3) is 0.300. The summed E-state index contributed by atoms with van der Waals surface area (Å²) >= 11 is 5.74. The van der Waals surface area contributed by atoms with Gasteiger partial charge in [0.1, 0.15) is 5.82 Å². The normalized spacial score (nSPS) is 13.9. The first-order chi connectivity index (χ1) is 13.5. The molecule has 2 N–H and O–H groups in total. The van der Waals surface area contributed by atoms with Gasteiger partial charge in [-0.15, -0.1) is 0 Å². The van der Waals surface area contributed by atoms with E-state index in [4.69, 9.17) is 11.6 Å². The third-order valence-corrected chi connectivity index (χ3v) is 4.58. The van der Waals surface area contributed by atoms with Gasteiger partial charge in [0.05, 0.1) is 5.02 Å². The van der Waals surface area contributed by atoms with E-state index in [1.165, 1.54) is 6.20 Å². The molecule has 3 rings (SSSR count). The molecule has 0 atom stereocenters. The summed E-state index contributed by atoms with van der Waals surface area (Å²) < 4.78 is 0. The zero-order chi connectivity index (χ0) is 19.9. The maximum absolute atomic E-state index is 12.1. The van der Waals surface area contributed by atoms with Gasteiger partial charge in [-0.3, -0.25) is 14.4 Å². The minimum Gasteiger partial charge on any atom is -0.326 e. The molecule has 0 aliphatic carbocycles. The standard InChI is InChI=1S/C20H21ClN4O3/c21-14-4-9-17(22-13-14)24-19(27)11-10-18(26)23-15-5-7-16(8-6-15)25-12-2-1-3-20(25)28/h4-9,13H,1-3,10-12H2,(H,23,26)(H,22,24,27). The number of carbonyl (C=O) groups is 3. The number of nitrogens with one attached hydrogen (secondary N) is 2. The molecule has 1 saturated heterocycles. The lowest BCUT2D eigenvalue weighted by Gasteiger charge is -2.26. The first-order valence-corrected chi connectivity index (χ1v) is 9.51. The van der Waals surface area contributed by atoms with Crippen molar-refractivity contribution in [2.45, 2.75) is 32.1 Å². The highest BCUT2D eigenvalue weighted by molar-refractivity contribution is 6.30. The number of anilines is 3. The van der Waals surface area contributed by atoms with Crippen molar-refractivity contribution in [2.75, 3.05) is 22.1 Å². The van der Waals surface area contributed by atoms with E-state index in [-0.39, 0.29) is 30.6 Å². The van der Waals surface area contributed by atoms with Gasteiger partial charge in [-0.25, -0.2) is 4.98 Å². The number of benzene rings is 1. The first kappa shape index (κ1) is 19.8. The van der Waals surface area contributed by atoms with Gasteiger partial charge in [0.25, 0.3) is 0 Å². The minimum atomic E-state index is -0.302. The highest BCUT2D eigenvalue weighted by Gasteiger charge is 2.19. The number of nitrogens with zero attached hydrogens (tertiary/aromatic N) is 2. The number of rotatable bonds is 6. The number of pyridine rings is 1. The molecule has 1 fully saturated rings. The molecule has 1 aromatic carbocycles. The number of halogens is 1. The Morgan fingerprint density at radius 1 is 1.00 bits per heavy atom. The van der Waals surface area contributed by atoms with Crippen LogP contribution in [0.15, 0.2) is 42.6 Å². The SMILES string of the molecule is O=C(CCC(=O)Nc1ccc(Cl)cn1)Nc1ccc(N2CCCCC2=O)cc1. The summed E-state index contributed by atoms with van der Waals surface area (Å²) in [6, 6.07) is 10.4. The van der Waals surface area contributed by atoms with Crippen LogP contribution in [0.2, 0.25) is 5.02 Å². The fourth-order valence-electron chi connectivity index (χ4n) is 2.91. The van der Waals surface area contributed by atoms with Crippen molar-refractivity contribution >= 4 is 46.5 Å². The van der Waals surface area contributed by atoms with Crippen molar-refractivity contribution in [3.8, 4) is 0 Å². The third kappa shape index (κ3) is 5.53. The van der Waals surface area contributed by atoms with Gasteiger partial charge in [0, 0.05) is 43.4 Å². The number of aromatic nitrogens is 1. The Labute approximate surface area is 168 Å². The van der Waals surface area contributed by atoms with Crippen LogP contribution in [0, 0.1) is 0 Å². The molecule has 1 aromatic heterocycles.